The van der Waals surface area contributed by atoms with E-state index in [1.165, 1.54) is 12.1 Å². The highest BCUT2D eigenvalue weighted by Crippen LogP contribution is 2.30. The molecule has 0 aliphatic rings. The van der Waals surface area contributed by atoms with Crippen LogP contribution < -0.4 is 5.56 Å². The number of benzene rings is 2. The lowest BCUT2D eigenvalue weighted by Gasteiger charge is -2.08. The quantitative estimate of drug-likeness (QED) is 0.585. The largest absolute Gasteiger partial charge is 0.272 e. The van der Waals surface area contributed by atoms with Crippen LogP contribution in [0.2, 0.25) is 0 Å². The first-order valence-corrected chi connectivity index (χ1v) is 6.76. The Morgan fingerprint density at radius 3 is 2.68 bits per heavy atom. The molecule has 0 saturated heterocycles. The van der Waals surface area contributed by atoms with E-state index < -0.39 is 0 Å². The minimum atomic E-state index is -0.368. The predicted molar refractivity (Wildman–Crippen MR) is 83.1 cm³/mol. The van der Waals surface area contributed by atoms with E-state index in [1.54, 1.807) is 36.5 Å². The number of hydrogen-bond donors (Lipinski definition) is 1. The summed E-state index contributed by atoms with van der Waals surface area (Å²) in [5.41, 5.74) is 1.45. The molecule has 0 aliphatic heterocycles. The molecule has 0 amide bonds. The van der Waals surface area contributed by atoms with Crippen LogP contribution in [0.5, 0.6) is 0 Å². The first-order valence-electron chi connectivity index (χ1n) is 6.76. The SMILES string of the molecule is O=c1[nH]nc(-c2cc(F)cc3cccnc23)c2ccccc12. The molecule has 4 nitrogen and oxygen atoms in total. The lowest BCUT2D eigenvalue weighted by atomic mass is 10.0. The number of nitrogens with zero attached hydrogens (tertiary/aromatic N) is 2. The summed E-state index contributed by atoms with van der Waals surface area (Å²) in [6.45, 7) is 0. The topological polar surface area (TPSA) is 58.6 Å². The van der Waals surface area contributed by atoms with E-state index in [0.29, 0.717) is 32.9 Å². The summed E-state index contributed by atoms with van der Waals surface area (Å²) in [6, 6.07) is 13.5. The number of hydrogen-bond acceptors (Lipinski definition) is 3. The highest BCUT2D eigenvalue weighted by Gasteiger charge is 2.13. The molecule has 4 rings (SSSR count). The van der Waals surface area contributed by atoms with Gasteiger partial charge in [-0.25, -0.2) is 9.49 Å². The van der Waals surface area contributed by atoms with E-state index in [2.05, 4.69) is 15.2 Å². The summed E-state index contributed by atoms with van der Waals surface area (Å²) < 4.78 is 13.9. The highest BCUT2D eigenvalue weighted by molar-refractivity contribution is 6.01. The Morgan fingerprint density at radius 2 is 1.82 bits per heavy atom. The second-order valence-corrected chi connectivity index (χ2v) is 4.98. The van der Waals surface area contributed by atoms with Crippen LogP contribution in [0.1, 0.15) is 0 Å². The van der Waals surface area contributed by atoms with Gasteiger partial charge in [0, 0.05) is 22.5 Å². The minimum Gasteiger partial charge on any atom is -0.267 e. The molecule has 0 saturated carbocycles. The molecule has 5 heteroatoms. The average molecular weight is 291 g/mol. The van der Waals surface area contributed by atoms with Crippen molar-refractivity contribution in [2.75, 3.05) is 0 Å². The number of nitrogens with one attached hydrogen (secondary N) is 1. The third kappa shape index (κ3) is 1.87. The third-order valence-corrected chi connectivity index (χ3v) is 3.62. The first kappa shape index (κ1) is 12.6. The lowest BCUT2D eigenvalue weighted by molar-refractivity contribution is 0.630. The van der Waals surface area contributed by atoms with Crippen molar-refractivity contribution >= 4 is 21.7 Å². The van der Waals surface area contributed by atoms with Crippen LogP contribution in [0.25, 0.3) is 32.9 Å². The van der Waals surface area contributed by atoms with Gasteiger partial charge in [0.05, 0.1) is 10.9 Å². The molecule has 2 aromatic heterocycles. The number of fused-ring (bicyclic) bond motifs is 2. The van der Waals surface area contributed by atoms with Gasteiger partial charge in [-0.05, 0) is 24.3 Å². The van der Waals surface area contributed by atoms with Gasteiger partial charge < -0.3 is 0 Å². The fourth-order valence-electron chi connectivity index (χ4n) is 2.66. The Bertz CT molecular complexity index is 1070. The lowest BCUT2D eigenvalue weighted by Crippen LogP contribution is -2.09. The fourth-order valence-corrected chi connectivity index (χ4v) is 2.66. The number of aromatic nitrogens is 3. The Labute approximate surface area is 124 Å². The number of rotatable bonds is 1. The molecule has 4 aromatic rings. The molecule has 2 aromatic carbocycles. The van der Waals surface area contributed by atoms with Crippen LogP contribution in [0, 0.1) is 5.82 Å². The van der Waals surface area contributed by atoms with E-state index in [1.807, 2.05) is 6.07 Å². The molecule has 0 bridgehead atoms. The fraction of sp³-hybridized carbons (Fsp3) is 0. The first-order chi connectivity index (χ1) is 10.7. The molecule has 1 N–H and O–H groups in total. The summed E-state index contributed by atoms with van der Waals surface area (Å²) >= 11 is 0. The molecule has 106 valence electrons. The molecule has 0 atom stereocenters. The molecule has 0 spiro atoms. The number of H-pyrrole nitrogens is 1. The maximum atomic E-state index is 13.9. The standard InChI is InChI=1S/C17H10FN3O/c18-11-8-10-4-3-7-19-15(10)14(9-11)16-12-5-1-2-6-13(12)17(22)21-20-16/h1-9H,(H,21,22). The van der Waals surface area contributed by atoms with Crippen molar-refractivity contribution in [3.05, 3.63) is 70.9 Å². The van der Waals surface area contributed by atoms with Crippen molar-refractivity contribution in [3.63, 3.8) is 0 Å². The predicted octanol–water partition coefficient (Wildman–Crippen LogP) is 3.28. The van der Waals surface area contributed by atoms with Gasteiger partial charge in [-0.3, -0.25) is 9.78 Å². The van der Waals surface area contributed by atoms with Gasteiger partial charge in [0.15, 0.2) is 0 Å². The van der Waals surface area contributed by atoms with Crippen molar-refractivity contribution in [1.82, 2.24) is 15.2 Å². The second kappa shape index (κ2) is 4.73. The zero-order chi connectivity index (χ0) is 15.1. The van der Waals surface area contributed by atoms with E-state index in [0.717, 1.165) is 0 Å². The van der Waals surface area contributed by atoms with Gasteiger partial charge in [0.1, 0.15) is 11.5 Å². The molecular weight excluding hydrogens is 281 g/mol. The molecular formula is C17H10FN3O. The Hall–Kier alpha value is -3.08. The van der Waals surface area contributed by atoms with Gasteiger partial charge >= 0.3 is 0 Å². The van der Waals surface area contributed by atoms with Crippen LogP contribution in [-0.2, 0) is 0 Å². The van der Waals surface area contributed by atoms with Crippen molar-refractivity contribution in [2.45, 2.75) is 0 Å². The van der Waals surface area contributed by atoms with Gasteiger partial charge in [0.2, 0.25) is 0 Å². The van der Waals surface area contributed by atoms with Crippen molar-refractivity contribution < 1.29 is 4.39 Å². The number of aromatic amines is 1. The van der Waals surface area contributed by atoms with Crippen molar-refractivity contribution in [1.29, 1.82) is 0 Å². The van der Waals surface area contributed by atoms with Crippen LogP contribution in [-0.4, -0.2) is 15.2 Å². The summed E-state index contributed by atoms with van der Waals surface area (Å²) in [5, 5.41) is 8.47. The molecule has 0 aliphatic carbocycles. The van der Waals surface area contributed by atoms with E-state index in [-0.39, 0.29) is 11.4 Å². The molecule has 0 radical (unpaired) electrons. The second-order valence-electron chi connectivity index (χ2n) is 4.98. The number of halogens is 1. The van der Waals surface area contributed by atoms with Crippen LogP contribution in [0.4, 0.5) is 4.39 Å². The van der Waals surface area contributed by atoms with Gasteiger partial charge in [-0.1, -0.05) is 24.3 Å². The Morgan fingerprint density at radius 1 is 1.00 bits per heavy atom. The monoisotopic (exact) mass is 291 g/mol. The van der Waals surface area contributed by atoms with Crippen molar-refractivity contribution in [2.24, 2.45) is 0 Å². The zero-order valence-corrected chi connectivity index (χ0v) is 11.4. The van der Waals surface area contributed by atoms with Gasteiger partial charge in [-0.15, -0.1) is 0 Å². The van der Waals surface area contributed by atoms with Gasteiger partial charge in [0.25, 0.3) is 5.56 Å². The summed E-state index contributed by atoms with van der Waals surface area (Å²) in [7, 11) is 0. The minimum absolute atomic E-state index is 0.270. The van der Waals surface area contributed by atoms with Crippen LogP contribution >= 0.6 is 0 Å². The maximum absolute atomic E-state index is 13.9. The van der Waals surface area contributed by atoms with E-state index in [9.17, 15) is 9.18 Å². The average Bonchev–Trinajstić information content (AvgIpc) is 2.55. The molecule has 0 fully saturated rings. The molecule has 2 heterocycles. The number of pyridine rings is 1. The van der Waals surface area contributed by atoms with E-state index in [4.69, 9.17) is 0 Å². The molecule has 22 heavy (non-hydrogen) atoms. The smallest absolute Gasteiger partial charge is 0.267 e. The summed E-state index contributed by atoms with van der Waals surface area (Å²) in [4.78, 5) is 16.2. The summed E-state index contributed by atoms with van der Waals surface area (Å²) in [5.74, 6) is -0.368. The highest BCUT2D eigenvalue weighted by atomic mass is 19.1. The van der Waals surface area contributed by atoms with E-state index >= 15 is 0 Å². The summed E-state index contributed by atoms with van der Waals surface area (Å²) in [6.07, 6.45) is 1.65. The zero-order valence-electron chi connectivity index (χ0n) is 11.4. The maximum Gasteiger partial charge on any atom is 0.272 e. The van der Waals surface area contributed by atoms with Crippen LogP contribution in [0.3, 0.4) is 0 Å². The third-order valence-electron chi connectivity index (χ3n) is 3.62. The Kier molecular flexibility index (Phi) is 2.72. The molecule has 0 unspecified atom stereocenters. The Balaban J connectivity index is 2.17. The van der Waals surface area contributed by atoms with Crippen molar-refractivity contribution in [3.8, 4) is 11.3 Å². The normalized spacial score (nSPS) is 11.1. The van der Waals surface area contributed by atoms with Gasteiger partial charge in [-0.2, -0.15) is 5.10 Å². The van der Waals surface area contributed by atoms with Crippen LogP contribution in [0.15, 0.2) is 59.5 Å².